The molecule has 0 radical (unpaired) electrons. The number of nitrogens with one attached hydrogen (secondary N) is 2. The van der Waals surface area contributed by atoms with E-state index in [0.717, 1.165) is 11.1 Å². The van der Waals surface area contributed by atoms with Crippen LogP contribution in [-0.2, 0) is 27.3 Å². The fraction of sp³-hybridized carbons (Fsp3) is 0.400. The first-order chi connectivity index (χ1) is 17.9. The molecule has 0 aliphatic carbocycles. The number of rotatable bonds is 7. The minimum atomic E-state index is -1.22. The fourth-order valence-corrected chi connectivity index (χ4v) is 4.19. The second-order valence-electron chi connectivity index (χ2n) is 9.61. The first-order valence-electron chi connectivity index (χ1n) is 11.7. The molecule has 0 saturated heterocycles. The summed E-state index contributed by atoms with van der Waals surface area (Å²) in [5.41, 5.74) is 9.36. The van der Waals surface area contributed by atoms with Gasteiger partial charge in [-0.2, -0.15) is 0 Å². The Morgan fingerprint density at radius 2 is 1.89 bits per heavy atom. The van der Waals surface area contributed by atoms with Crippen LogP contribution >= 0.6 is 23.2 Å². The summed E-state index contributed by atoms with van der Waals surface area (Å²) in [7, 11) is 0. The topological polar surface area (TPSA) is 136 Å². The molecular formula is C25H27Cl2FN6O4. The molecule has 1 aliphatic heterocycles. The molecule has 1 aliphatic rings. The van der Waals surface area contributed by atoms with Gasteiger partial charge in [0, 0.05) is 17.9 Å². The molecule has 38 heavy (non-hydrogen) atoms. The maximum absolute atomic E-state index is 14.5. The molecule has 0 saturated carbocycles. The molecule has 10 nitrogen and oxygen atoms in total. The van der Waals surface area contributed by atoms with Gasteiger partial charge in [-0.15, -0.1) is 0 Å². The number of ether oxygens (including phenoxy) is 1. The maximum Gasteiger partial charge on any atom is 0.411 e. The first-order valence-corrected chi connectivity index (χ1v) is 12.5. The van der Waals surface area contributed by atoms with Crippen LogP contribution in [0.4, 0.5) is 14.9 Å². The summed E-state index contributed by atoms with van der Waals surface area (Å²) in [6.45, 7) is 5.16. The highest BCUT2D eigenvalue weighted by molar-refractivity contribution is 6.42. The molecule has 0 fully saturated rings. The molecule has 1 heterocycles. The van der Waals surface area contributed by atoms with Gasteiger partial charge in [0.1, 0.15) is 17.7 Å². The van der Waals surface area contributed by atoms with Crippen molar-refractivity contribution in [2.45, 2.75) is 57.8 Å². The monoisotopic (exact) mass is 564 g/mol. The molecule has 2 aromatic carbocycles. The van der Waals surface area contributed by atoms with Gasteiger partial charge in [0.25, 0.3) is 0 Å². The van der Waals surface area contributed by atoms with Crippen LogP contribution in [0.25, 0.3) is 10.4 Å². The highest BCUT2D eigenvalue weighted by Crippen LogP contribution is 2.30. The number of anilines is 1. The van der Waals surface area contributed by atoms with Crippen molar-refractivity contribution in [3.8, 4) is 0 Å². The second-order valence-corrected chi connectivity index (χ2v) is 10.4. The summed E-state index contributed by atoms with van der Waals surface area (Å²) >= 11 is 11.6. The predicted molar refractivity (Wildman–Crippen MR) is 141 cm³/mol. The largest absolute Gasteiger partial charge is 0.444 e. The number of nitrogens with zero attached hydrogens (tertiary/aromatic N) is 4. The molecule has 3 amide bonds. The Morgan fingerprint density at radius 3 is 2.55 bits per heavy atom. The van der Waals surface area contributed by atoms with Crippen molar-refractivity contribution in [2.75, 3.05) is 11.9 Å². The summed E-state index contributed by atoms with van der Waals surface area (Å²) in [4.78, 5) is 43.6. The number of fused-ring (bicyclic) bond motifs is 1. The quantitative estimate of drug-likeness (QED) is 0.195. The van der Waals surface area contributed by atoms with Gasteiger partial charge >= 0.3 is 6.09 Å². The summed E-state index contributed by atoms with van der Waals surface area (Å²) in [5, 5.41) is 8.04. The van der Waals surface area contributed by atoms with Gasteiger partial charge in [-0.25, -0.2) is 9.18 Å². The third-order valence-electron chi connectivity index (χ3n) is 5.69. The lowest BCUT2D eigenvalue weighted by Crippen LogP contribution is -2.56. The van der Waals surface area contributed by atoms with Gasteiger partial charge < -0.3 is 15.4 Å². The SMILES string of the molecule is CC(C)(C)OC(=O)N1Cc2ccccc2C[C@H]1C(=O)N[C@@H](CCN=[N+]=[N-])C(=O)Nc1ccc(Cl)c(Cl)c1F. The van der Waals surface area contributed by atoms with E-state index in [2.05, 4.69) is 20.7 Å². The van der Waals surface area contributed by atoms with Crippen LogP contribution in [-0.4, -0.2) is 47.0 Å². The fourth-order valence-electron chi connectivity index (χ4n) is 3.88. The number of halogens is 3. The van der Waals surface area contributed by atoms with Crippen LogP contribution in [0.5, 0.6) is 0 Å². The van der Waals surface area contributed by atoms with E-state index in [1.807, 2.05) is 24.3 Å². The molecule has 2 atom stereocenters. The molecule has 2 N–H and O–H groups in total. The Hall–Kier alpha value is -3.53. The van der Waals surface area contributed by atoms with Crippen LogP contribution in [0.1, 0.15) is 38.3 Å². The smallest absolute Gasteiger partial charge is 0.411 e. The Kier molecular flexibility index (Phi) is 9.43. The number of carbonyl (C=O) groups is 3. The van der Waals surface area contributed by atoms with Crippen LogP contribution in [0, 0.1) is 5.82 Å². The minimum absolute atomic E-state index is 0.0322. The Balaban J connectivity index is 1.86. The van der Waals surface area contributed by atoms with Crippen molar-refractivity contribution in [3.05, 3.63) is 73.8 Å². The molecule has 3 rings (SSSR count). The van der Waals surface area contributed by atoms with Crippen molar-refractivity contribution in [1.29, 1.82) is 0 Å². The van der Waals surface area contributed by atoms with E-state index in [9.17, 15) is 18.8 Å². The lowest BCUT2D eigenvalue weighted by Gasteiger charge is -2.37. The van der Waals surface area contributed by atoms with E-state index in [-0.39, 0.29) is 41.7 Å². The third-order valence-corrected chi connectivity index (χ3v) is 6.47. The number of hydrogen-bond donors (Lipinski definition) is 2. The summed E-state index contributed by atoms with van der Waals surface area (Å²) in [6.07, 6.45) is -0.576. The molecule has 202 valence electrons. The van der Waals surface area contributed by atoms with Gasteiger partial charge in [0.05, 0.1) is 22.3 Å². The van der Waals surface area contributed by atoms with Crippen molar-refractivity contribution < 1.29 is 23.5 Å². The van der Waals surface area contributed by atoms with Crippen LogP contribution in [0.15, 0.2) is 41.5 Å². The zero-order valence-electron chi connectivity index (χ0n) is 21.0. The predicted octanol–water partition coefficient (Wildman–Crippen LogP) is 5.62. The molecule has 0 bridgehead atoms. The van der Waals surface area contributed by atoms with Gasteiger partial charge in [-0.1, -0.05) is 52.6 Å². The van der Waals surface area contributed by atoms with Crippen LogP contribution in [0.2, 0.25) is 10.0 Å². The minimum Gasteiger partial charge on any atom is -0.444 e. The molecule has 0 aromatic heterocycles. The van der Waals surface area contributed by atoms with Gasteiger partial charge in [-0.3, -0.25) is 14.5 Å². The lowest BCUT2D eigenvalue weighted by molar-refractivity contribution is -0.130. The number of amides is 3. The highest BCUT2D eigenvalue weighted by Gasteiger charge is 2.38. The molecule has 2 aromatic rings. The molecular weight excluding hydrogens is 538 g/mol. The molecule has 0 unspecified atom stereocenters. The van der Waals surface area contributed by atoms with E-state index in [1.54, 1.807) is 20.8 Å². The zero-order chi connectivity index (χ0) is 28.0. The average molecular weight is 565 g/mol. The van der Waals surface area contributed by atoms with E-state index in [4.69, 9.17) is 33.5 Å². The third kappa shape index (κ3) is 7.28. The number of carbonyl (C=O) groups excluding carboxylic acids is 3. The van der Waals surface area contributed by atoms with Crippen molar-refractivity contribution in [3.63, 3.8) is 0 Å². The summed E-state index contributed by atoms with van der Waals surface area (Å²) in [5.74, 6) is -2.34. The number of benzene rings is 2. The van der Waals surface area contributed by atoms with Gasteiger partial charge in [0.15, 0.2) is 5.82 Å². The normalized spacial score (nSPS) is 15.5. The van der Waals surface area contributed by atoms with Crippen LogP contribution in [0.3, 0.4) is 0 Å². The maximum atomic E-state index is 14.5. The average Bonchev–Trinajstić information content (AvgIpc) is 2.86. The lowest BCUT2D eigenvalue weighted by atomic mass is 9.93. The summed E-state index contributed by atoms with van der Waals surface area (Å²) in [6, 6.07) is 7.73. The van der Waals surface area contributed by atoms with E-state index in [1.165, 1.54) is 17.0 Å². The highest BCUT2D eigenvalue weighted by atomic mass is 35.5. The van der Waals surface area contributed by atoms with Crippen molar-refractivity contribution in [1.82, 2.24) is 10.2 Å². The zero-order valence-corrected chi connectivity index (χ0v) is 22.5. The summed E-state index contributed by atoms with van der Waals surface area (Å²) < 4.78 is 20.0. The van der Waals surface area contributed by atoms with Gasteiger partial charge in [-0.05, 0) is 56.0 Å². The Morgan fingerprint density at radius 1 is 1.21 bits per heavy atom. The second kappa shape index (κ2) is 12.3. The van der Waals surface area contributed by atoms with E-state index >= 15 is 0 Å². The Bertz CT molecular complexity index is 1280. The number of hydrogen-bond acceptors (Lipinski definition) is 5. The molecule has 13 heteroatoms. The Labute approximate surface area is 229 Å². The number of azide groups is 1. The van der Waals surface area contributed by atoms with Crippen molar-refractivity contribution >= 4 is 46.8 Å². The van der Waals surface area contributed by atoms with E-state index < -0.39 is 41.4 Å². The standard InChI is InChI=1S/C25H27Cl2FN6O4/c1-25(2,3)38-24(37)34-13-15-7-5-4-6-14(15)12-19(34)23(36)32-18(10-11-30-33-29)22(35)31-17-9-8-16(26)20(27)21(17)28/h4-9,18-19H,10-13H2,1-3H3,(H,31,35)(H,32,36)/t18-,19-/m0/s1. The van der Waals surface area contributed by atoms with Gasteiger partial charge in [0.2, 0.25) is 11.8 Å². The molecule has 0 spiro atoms. The first kappa shape index (κ1) is 29.0. The van der Waals surface area contributed by atoms with Crippen molar-refractivity contribution in [2.24, 2.45) is 5.11 Å². The van der Waals surface area contributed by atoms with E-state index in [0.29, 0.717) is 0 Å². The van der Waals surface area contributed by atoms with Crippen LogP contribution < -0.4 is 10.6 Å².